The molecule has 160 valence electrons. The zero-order valence-corrected chi connectivity index (χ0v) is 17.5. The number of hydrogen-bond acceptors (Lipinski definition) is 5. The highest BCUT2D eigenvalue weighted by molar-refractivity contribution is 7.89. The predicted molar refractivity (Wildman–Crippen MR) is 117 cm³/mol. The molecule has 0 aliphatic heterocycles. The molecular formula is C22H21N3O5S. The molecule has 0 saturated heterocycles. The van der Waals surface area contributed by atoms with Crippen LogP contribution in [0.1, 0.15) is 21.7 Å². The van der Waals surface area contributed by atoms with Crippen LogP contribution in [0.15, 0.2) is 82.3 Å². The van der Waals surface area contributed by atoms with Crippen LogP contribution < -0.4 is 15.4 Å². The SMILES string of the molecule is CNC(=O)c1ccc(NC(=O)C=Cc2ccc(S(=O)(=O)NCc3ccco3)cc2)cc1. The molecule has 0 fully saturated rings. The van der Waals surface area contributed by atoms with Crippen molar-refractivity contribution in [3.8, 4) is 0 Å². The van der Waals surface area contributed by atoms with E-state index in [0.29, 0.717) is 22.6 Å². The Hall–Kier alpha value is -3.69. The Morgan fingerprint density at radius 3 is 2.32 bits per heavy atom. The molecule has 2 amide bonds. The molecule has 0 spiro atoms. The largest absolute Gasteiger partial charge is 0.468 e. The van der Waals surface area contributed by atoms with E-state index in [1.54, 1.807) is 61.7 Å². The summed E-state index contributed by atoms with van der Waals surface area (Å²) in [7, 11) is -2.13. The number of carbonyl (C=O) groups is 2. The molecule has 0 bridgehead atoms. The topological polar surface area (TPSA) is 118 Å². The second-order valence-corrected chi connectivity index (χ2v) is 8.22. The summed E-state index contributed by atoms with van der Waals surface area (Å²) in [5.41, 5.74) is 1.70. The number of benzene rings is 2. The molecule has 8 nitrogen and oxygen atoms in total. The third kappa shape index (κ3) is 6.14. The highest BCUT2D eigenvalue weighted by Gasteiger charge is 2.14. The Morgan fingerprint density at radius 1 is 1.00 bits per heavy atom. The van der Waals surface area contributed by atoms with Crippen LogP contribution in [0.2, 0.25) is 0 Å². The van der Waals surface area contributed by atoms with Crippen molar-refractivity contribution < 1.29 is 22.4 Å². The second-order valence-electron chi connectivity index (χ2n) is 6.45. The lowest BCUT2D eigenvalue weighted by Crippen LogP contribution is -2.22. The summed E-state index contributed by atoms with van der Waals surface area (Å²) in [6, 6.07) is 16.0. The average molecular weight is 439 g/mol. The summed E-state index contributed by atoms with van der Waals surface area (Å²) >= 11 is 0. The Morgan fingerprint density at radius 2 is 1.71 bits per heavy atom. The maximum Gasteiger partial charge on any atom is 0.251 e. The van der Waals surface area contributed by atoms with Crippen LogP contribution in [0.5, 0.6) is 0 Å². The molecule has 0 saturated carbocycles. The van der Waals surface area contributed by atoms with Crippen LogP contribution in [-0.2, 0) is 21.4 Å². The van der Waals surface area contributed by atoms with E-state index in [1.807, 2.05) is 0 Å². The van der Waals surface area contributed by atoms with Crippen molar-refractivity contribution in [1.82, 2.24) is 10.0 Å². The van der Waals surface area contributed by atoms with Gasteiger partial charge in [0.2, 0.25) is 15.9 Å². The summed E-state index contributed by atoms with van der Waals surface area (Å²) in [6.45, 7) is 0.0568. The number of carbonyl (C=O) groups excluding carboxylic acids is 2. The van der Waals surface area contributed by atoms with Crippen LogP contribution in [-0.4, -0.2) is 27.3 Å². The molecule has 1 aromatic heterocycles. The van der Waals surface area contributed by atoms with Gasteiger partial charge >= 0.3 is 0 Å². The summed E-state index contributed by atoms with van der Waals surface area (Å²) in [5.74, 6) is -0.0543. The van der Waals surface area contributed by atoms with E-state index in [4.69, 9.17) is 4.42 Å². The van der Waals surface area contributed by atoms with Gasteiger partial charge in [0.15, 0.2) is 0 Å². The van der Waals surface area contributed by atoms with Gasteiger partial charge in [0.05, 0.1) is 17.7 Å². The molecule has 3 N–H and O–H groups in total. The normalized spacial score (nSPS) is 11.4. The fraction of sp³-hybridized carbons (Fsp3) is 0.0909. The summed E-state index contributed by atoms with van der Waals surface area (Å²) in [6.07, 6.45) is 4.38. The van der Waals surface area contributed by atoms with E-state index in [0.717, 1.165) is 0 Å². The van der Waals surface area contributed by atoms with Gasteiger partial charge in [0, 0.05) is 24.4 Å². The summed E-state index contributed by atoms with van der Waals surface area (Å²) in [5, 5.41) is 5.21. The van der Waals surface area contributed by atoms with Crippen molar-refractivity contribution in [2.24, 2.45) is 0 Å². The number of anilines is 1. The first-order chi connectivity index (χ1) is 14.9. The molecule has 3 aromatic rings. The van der Waals surface area contributed by atoms with Gasteiger partial charge in [0.1, 0.15) is 5.76 Å². The van der Waals surface area contributed by atoms with E-state index >= 15 is 0 Å². The third-order valence-corrected chi connectivity index (χ3v) is 5.69. The Kier molecular flexibility index (Phi) is 7.01. The number of furan rings is 1. The fourth-order valence-electron chi connectivity index (χ4n) is 2.63. The summed E-state index contributed by atoms with van der Waals surface area (Å²) < 4.78 is 32.2. The lowest BCUT2D eigenvalue weighted by molar-refractivity contribution is -0.111. The highest BCUT2D eigenvalue weighted by atomic mass is 32.2. The van der Waals surface area contributed by atoms with Gasteiger partial charge in [-0.25, -0.2) is 13.1 Å². The van der Waals surface area contributed by atoms with Gasteiger partial charge in [-0.1, -0.05) is 12.1 Å². The van der Waals surface area contributed by atoms with E-state index in [-0.39, 0.29) is 23.3 Å². The number of sulfonamides is 1. The minimum Gasteiger partial charge on any atom is -0.468 e. The van der Waals surface area contributed by atoms with Crippen molar-refractivity contribution in [2.45, 2.75) is 11.4 Å². The molecule has 0 radical (unpaired) electrons. The van der Waals surface area contributed by atoms with Crippen LogP contribution in [0.3, 0.4) is 0 Å². The standard InChI is InChI=1S/C22H21N3O5S/c1-23-22(27)17-7-9-18(10-8-17)25-21(26)13-6-16-4-11-20(12-5-16)31(28,29)24-15-19-3-2-14-30-19/h2-14,24H,15H2,1H3,(H,23,27)(H,25,26). The summed E-state index contributed by atoms with van der Waals surface area (Å²) in [4.78, 5) is 23.7. The van der Waals surface area contributed by atoms with Gasteiger partial charge in [-0.2, -0.15) is 0 Å². The molecule has 1 heterocycles. The quantitative estimate of drug-likeness (QED) is 0.467. The van der Waals surface area contributed by atoms with Crippen LogP contribution in [0.25, 0.3) is 6.08 Å². The minimum absolute atomic E-state index is 0.0568. The first kappa shape index (κ1) is 22.0. The van der Waals surface area contributed by atoms with E-state index in [1.165, 1.54) is 24.5 Å². The molecule has 0 aliphatic carbocycles. The van der Waals surface area contributed by atoms with Gasteiger partial charge in [-0.15, -0.1) is 0 Å². The molecule has 2 aromatic carbocycles. The number of nitrogens with one attached hydrogen (secondary N) is 3. The zero-order chi connectivity index (χ0) is 22.3. The lowest BCUT2D eigenvalue weighted by atomic mass is 10.2. The van der Waals surface area contributed by atoms with Crippen LogP contribution in [0.4, 0.5) is 5.69 Å². The first-order valence-corrected chi connectivity index (χ1v) is 10.8. The molecule has 0 atom stereocenters. The molecule has 0 aliphatic rings. The fourth-order valence-corrected chi connectivity index (χ4v) is 3.62. The van der Waals surface area contributed by atoms with Crippen LogP contribution in [0, 0.1) is 0 Å². The van der Waals surface area contributed by atoms with E-state index in [9.17, 15) is 18.0 Å². The molecular weight excluding hydrogens is 418 g/mol. The van der Waals surface area contributed by atoms with E-state index < -0.39 is 10.0 Å². The van der Waals surface area contributed by atoms with Crippen molar-refractivity contribution in [3.05, 3.63) is 89.9 Å². The second kappa shape index (κ2) is 9.88. The van der Waals surface area contributed by atoms with Crippen molar-refractivity contribution >= 4 is 33.6 Å². The van der Waals surface area contributed by atoms with Gasteiger partial charge < -0.3 is 15.1 Å². The Bertz CT molecular complexity index is 1170. The minimum atomic E-state index is -3.68. The number of amides is 2. The van der Waals surface area contributed by atoms with Crippen molar-refractivity contribution in [1.29, 1.82) is 0 Å². The highest BCUT2D eigenvalue weighted by Crippen LogP contribution is 2.13. The first-order valence-electron chi connectivity index (χ1n) is 9.31. The number of rotatable bonds is 8. The van der Waals surface area contributed by atoms with Gasteiger partial charge in [-0.3, -0.25) is 9.59 Å². The Balaban J connectivity index is 1.57. The lowest BCUT2D eigenvalue weighted by Gasteiger charge is -2.06. The predicted octanol–water partition coefficient (Wildman–Crippen LogP) is 2.77. The van der Waals surface area contributed by atoms with Gasteiger partial charge in [0.25, 0.3) is 5.91 Å². The van der Waals surface area contributed by atoms with Gasteiger partial charge in [-0.05, 0) is 60.2 Å². The monoisotopic (exact) mass is 439 g/mol. The third-order valence-electron chi connectivity index (χ3n) is 4.28. The maximum absolute atomic E-state index is 12.3. The smallest absolute Gasteiger partial charge is 0.251 e. The Labute approximate surface area is 180 Å². The average Bonchev–Trinajstić information content (AvgIpc) is 3.30. The van der Waals surface area contributed by atoms with Crippen molar-refractivity contribution in [2.75, 3.05) is 12.4 Å². The van der Waals surface area contributed by atoms with Crippen molar-refractivity contribution in [3.63, 3.8) is 0 Å². The number of hydrogen-bond donors (Lipinski definition) is 3. The maximum atomic E-state index is 12.3. The van der Waals surface area contributed by atoms with E-state index in [2.05, 4.69) is 15.4 Å². The molecule has 31 heavy (non-hydrogen) atoms. The zero-order valence-electron chi connectivity index (χ0n) is 16.7. The van der Waals surface area contributed by atoms with Crippen LogP contribution >= 0.6 is 0 Å². The molecule has 3 rings (SSSR count). The molecule has 0 unspecified atom stereocenters. The molecule has 9 heteroatoms.